The van der Waals surface area contributed by atoms with E-state index in [-0.39, 0.29) is 19.4 Å². The molecule has 324 valence electrons. The number of aliphatic hydroxyl groups is 1. The SMILES string of the molecule is C.Cc1cncc(N)c1N1CC2CN(C)CC2C1.Cc1cncc(N)c1N1CCC(O)C1.Cc1cncc(N)c1N1CCCC1.Cc1cncc(N)c1N1CC[C@@H](C#N)C1. The molecule has 60 heavy (non-hydrogen) atoms. The molecular formula is C45H68N14O. The van der Waals surface area contributed by atoms with Crippen molar-refractivity contribution < 1.29 is 5.11 Å². The number of likely N-dealkylation sites (tertiary alicyclic amines) is 1. The van der Waals surface area contributed by atoms with Gasteiger partial charge < -0.3 is 52.5 Å². The summed E-state index contributed by atoms with van der Waals surface area (Å²) in [7, 11) is 2.22. The topological polar surface area (TPSA) is 216 Å². The summed E-state index contributed by atoms with van der Waals surface area (Å²) in [5.41, 5.74) is 35.7. The van der Waals surface area contributed by atoms with Gasteiger partial charge in [-0.15, -0.1) is 0 Å². The number of anilines is 8. The molecule has 4 aromatic rings. The summed E-state index contributed by atoms with van der Waals surface area (Å²) in [6, 6.07) is 2.30. The van der Waals surface area contributed by atoms with Crippen LogP contribution >= 0.6 is 0 Å². The van der Waals surface area contributed by atoms with Crippen LogP contribution in [0, 0.1) is 56.8 Å². The van der Waals surface area contributed by atoms with Gasteiger partial charge in [-0.1, -0.05) is 7.43 Å². The fourth-order valence-electron chi connectivity index (χ4n) is 9.41. The number of aromatic nitrogens is 4. The van der Waals surface area contributed by atoms with Crippen molar-refractivity contribution in [2.45, 2.75) is 66.9 Å². The van der Waals surface area contributed by atoms with Gasteiger partial charge >= 0.3 is 0 Å². The predicted octanol–water partition coefficient (Wildman–Crippen LogP) is 5.04. The molecule has 4 aromatic heterocycles. The maximum atomic E-state index is 9.44. The van der Waals surface area contributed by atoms with Gasteiger partial charge in [-0.05, 0) is 94.5 Å². The van der Waals surface area contributed by atoms with Gasteiger partial charge in [-0.25, -0.2) is 0 Å². The molecule has 0 radical (unpaired) electrons. The Morgan fingerprint density at radius 3 is 1.28 bits per heavy atom. The molecule has 9 heterocycles. The standard InChI is InChI=1S/C13H20N4.C11H14N4.C10H15N3O.C10H15N3.CH4/c1-9-3-15-4-12(14)13(9)17-7-10-5-16(2)6-11(10)8-17;1-8-5-14-6-10(13)11(8)15-3-2-9(4-12)7-15;1-7-4-12-5-9(11)10(7)13-3-2-8(14)6-13;1-8-6-12-7-9(11)10(8)13-4-2-3-5-13;/h3-4,10-11H,5-8,14H2,1-2H3;5-6,9H,2-3,7,13H2,1H3;4-5,8,14H,2-3,6,11H2,1H3;6-7H,2-5,11H2,1H3;1H4/t;9-;;;/m.0.../s1. The van der Waals surface area contributed by atoms with Crippen molar-refractivity contribution in [1.29, 1.82) is 5.26 Å². The zero-order chi connectivity index (χ0) is 42.2. The quantitative estimate of drug-likeness (QED) is 0.182. The molecular weight excluding hydrogens is 753 g/mol. The number of nitrogens with zero attached hydrogens (tertiary/aromatic N) is 10. The Labute approximate surface area is 357 Å². The number of nitriles is 1. The van der Waals surface area contributed by atoms with Crippen LogP contribution in [0.2, 0.25) is 0 Å². The predicted molar refractivity (Wildman–Crippen MR) is 247 cm³/mol. The molecule has 5 saturated heterocycles. The Bertz CT molecular complexity index is 1970. The molecule has 0 aliphatic carbocycles. The number of β-amino-alcohol motifs (C(OH)–C–C–N with tert-alkyl or cyclic N) is 1. The van der Waals surface area contributed by atoms with Crippen molar-refractivity contribution in [2.24, 2.45) is 17.8 Å². The summed E-state index contributed by atoms with van der Waals surface area (Å²) < 4.78 is 0. The van der Waals surface area contributed by atoms with E-state index in [1.165, 1.54) is 48.4 Å². The van der Waals surface area contributed by atoms with E-state index in [0.29, 0.717) is 17.9 Å². The van der Waals surface area contributed by atoms with Crippen LogP contribution in [0.15, 0.2) is 49.6 Å². The molecule has 9 rings (SSSR count). The molecule has 5 aliphatic rings. The molecule has 5 fully saturated rings. The van der Waals surface area contributed by atoms with E-state index >= 15 is 0 Å². The second-order valence-electron chi connectivity index (χ2n) is 16.9. The summed E-state index contributed by atoms with van der Waals surface area (Å²) in [5, 5.41) is 18.3. The largest absolute Gasteiger partial charge is 0.396 e. The van der Waals surface area contributed by atoms with E-state index in [0.717, 1.165) is 104 Å². The summed E-state index contributed by atoms with van der Waals surface area (Å²) in [5.74, 6) is 1.76. The second kappa shape index (κ2) is 20.6. The molecule has 0 spiro atoms. The molecule has 9 N–H and O–H groups in total. The van der Waals surface area contributed by atoms with Crippen LogP contribution in [0.3, 0.4) is 0 Å². The van der Waals surface area contributed by atoms with Gasteiger partial charge in [0.2, 0.25) is 0 Å². The van der Waals surface area contributed by atoms with Gasteiger partial charge in [-0.2, -0.15) is 5.26 Å². The van der Waals surface area contributed by atoms with E-state index < -0.39 is 0 Å². The first-order chi connectivity index (χ1) is 28.3. The van der Waals surface area contributed by atoms with Crippen molar-refractivity contribution >= 4 is 45.5 Å². The van der Waals surface area contributed by atoms with E-state index in [2.05, 4.69) is 71.4 Å². The maximum Gasteiger partial charge on any atom is 0.0741 e. The van der Waals surface area contributed by atoms with Gasteiger partial charge in [0.1, 0.15) is 0 Å². The lowest BCUT2D eigenvalue weighted by molar-refractivity contribution is 0.198. The zero-order valence-corrected chi connectivity index (χ0v) is 35.6. The van der Waals surface area contributed by atoms with Crippen molar-refractivity contribution in [3.05, 3.63) is 71.8 Å². The second-order valence-corrected chi connectivity index (χ2v) is 16.9. The maximum absolute atomic E-state index is 9.44. The minimum atomic E-state index is -0.220. The normalized spacial score (nSPS) is 21.8. The number of nitrogen functional groups attached to an aromatic ring is 4. The lowest BCUT2D eigenvalue weighted by Gasteiger charge is -2.24. The van der Waals surface area contributed by atoms with Crippen molar-refractivity contribution in [1.82, 2.24) is 24.8 Å². The molecule has 5 aliphatic heterocycles. The number of hydrogen-bond acceptors (Lipinski definition) is 15. The molecule has 3 unspecified atom stereocenters. The third-order valence-electron chi connectivity index (χ3n) is 12.1. The molecule has 4 atom stereocenters. The molecule has 15 nitrogen and oxygen atoms in total. The number of hydrogen-bond donors (Lipinski definition) is 5. The Morgan fingerprint density at radius 2 is 0.917 bits per heavy atom. The van der Waals surface area contributed by atoms with E-state index in [1.807, 2.05) is 32.4 Å². The Morgan fingerprint density at radius 1 is 0.533 bits per heavy atom. The summed E-state index contributed by atoms with van der Waals surface area (Å²) in [4.78, 5) is 27.8. The van der Waals surface area contributed by atoms with Crippen LogP contribution < -0.4 is 42.5 Å². The molecule has 0 amide bonds. The van der Waals surface area contributed by atoms with Crippen LogP contribution in [0.25, 0.3) is 0 Å². The van der Waals surface area contributed by atoms with Gasteiger partial charge in [0, 0.05) is 90.2 Å². The van der Waals surface area contributed by atoms with E-state index in [4.69, 9.17) is 28.2 Å². The summed E-state index contributed by atoms with van der Waals surface area (Å²) in [6.45, 7) is 18.4. The third kappa shape index (κ3) is 10.8. The van der Waals surface area contributed by atoms with Crippen molar-refractivity contribution in [3.8, 4) is 6.07 Å². The molecule has 0 saturated carbocycles. The van der Waals surface area contributed by atoms with Crippen LogP contribution in [0.5, 0.6) is 0 Å². The third-order valence-corrected chi connectivity index (χ3v) is 12.1. The average molecular weight is 821 g/mol. The van der Waals surface area contributed by atoms with Crippen LogP contribution in [0.1, 0.15) is 55.4 Å². The first kappa shape index (κ1) is 45.5. The summed E-state index contributed by atoms with van der Waals surface area (Å²) >= 11 is 0. The van der Waals surface area contributed by atoms with Gasteiger partial charge in [-0.3, -0.25) is 19.9 Å². The Balaban J connectivity index is 0.000000152. The van der Waals surface area contributed by atoms with E-state index in [1.54, 1.807) is 31.0 Å². The van der Waals surface area contributed by atoms with Crippen LogP contribution in [-0.2, 0) is 0 Å². The highest BCUT2D eigenvalue weighted by Gasteiger charge is 2.39. The van der Waals surface area contributed by atoms with Gasteiger partial charge in [0.05, 0.1) is 88.4 Å². The fraction of sp³-hybridized carbons (Fsp3) is 0.533. The number of aliphatic hydroxyl groups excluding tert-OH is 1. The first-order valence-corrected chi connectivity index (χ1v) is 20.9. The Kier molecular flexibility index (Phi) is 15.6. The molecule has 0 aromatic carbocycles. The Hall–Kier alpha value is -5.59. The molecule has 0 bridgehead atoms. The lowest BCUT2D eigenvalue weighted by atomic mass is 10.0. The van der Waals surface area contributed by atoms with Crippen molar-refractivity contribution in [2.75, 3.05) is 115 Å². The average Bonchev–Trinajstić information content (AvgIpc) is 4.04. The highest BCUT2D eigenvalue weighted by atomic mass is 16.3. The smallest absolute Gasteiger partial charge is 0.0741 e. The van der Waals surface area contributed by atoms with Gasteiger partial charge in [0.15, 0.2) is 0 Å². The lowest BCUT2D eigenvalue weighted by Crippen LogP contribution is -2.27. The zero-order valence-electron chi connectivity index (χ0n) is 35.6. The highest BCUT2D eigenvalue weighted by molar-refractivity contribution is 5.73. The monoisotopic (exact) mass is 821 g/mol. The number of pyridine rings is 4. The molecule has 15 heteroatoms. The van der Waals surface area contributed by atoms with Crippen LogP contribution in [-0.4, -0.2) is 109 Å². The number of rotatable bonds is 4. The summed E-state index contributed by atoms with van der Waals surface area (Å²) in [6.07, 6.45) is 18.3. The fourth-order valence-corrected chi connectivity index (χ4v) is 9.41. The number of aryl methyl sites for hydroxylation is 4. The minimum absolute atomic E-state index is 0. The first-order valence-electron chi connectivity index (χ1n) is 20.9. The minimum Gasteiger partial charge on any atom is -0.396 e. The van der Waals surface area contributed by atoms with Crippen molar-refractivity contribution in [3.63, 3.8) is 0 Å². The van der Waals surface area contributed by atoms with Gasteiger partial charge in [0.25, 0.3) is 0 Å². The number of fused-ring (bicyclic) bond motifs is 1. The highest BCUT2D eigenvalue weighted by Crippen LogP contribution is 2.37. The van der Waals surface area contributed by atoms with E-state index in [9.17, 15) is 5.11 Å². The number of nitrogens with two attached hydrogens (primary N) is 4. The van der Waals surface area contributed by atoms with Crippen LogP contribution in [0.4, 0.5) is 45.5 Å².